The van der Waals surface area contributed by atoms with Crippen LogP contribution >= 0.6 is 0 Å². The van der Waals surface area contributed by atoms with E-state index in [1.165, 1.54) is 0 Å². The molecule has 7 unspecified atom stereocenters. The Balaban J connectivity index is 1.10. The maximum Gasteiger partial charge on any atom is 0.315 e. The van der Waals surface area contributed by atoms with E-state index in [1.807, 2.05) is 36.7 Å². The number of pyridine rings is 3. The number of hydrogen-bond acceptors (Lipinski definition) is 8. The van der Waals surface area contributed by atoms with Crippen molar-refractivity contribution < 1.29 is 19.4 Å². The minimum Gasteiger partial charge on any atom is -0.481 e. The average molecular weight is 774 g/mol. The minimum atomic E-state index is -1.23. The van der Waals surface area contributed by atoms with Crippen molar-refractivity contribution in [2.75, 3.05) is 13.6 Å². The lowest BCUT2D eigenvalue weighted by Gasteiger charge is -2.60. The monoisotopic (exact) mass is 773 g/mol. The summed E-state index contributed by atoms with van der Waals surface area (Å²) in [5, 5.41) is 11.7. The van der Waals surface area contributed by atoms with Crippen LogP contribution in [0, 0.1) is 51.8 Å². The Labute approximate surface area is 339 Å². The first kappa shape index (κ1) is 40.0. The van der Waals surface area contributed by atoms with Gasteiger partial charge in [-0.2, -0.15) is 0 Å². The first-order valence-corrected chi connectivity index (χ1v) is 21.8. The zero-order chi connectivity index (χ0) is 40.0. The van der Waals surface area contributed by atoms with Crippen LogP contribution < -0.4 is 0 Å². The molecular weight excluding hydrogens is 711 g/mol. The summed E-state index contributed by atoms with van der Waals surface area (Å²) in [6.07, 6.45) is 14.4. The molecule has 1 saturated heterocycles. The Hall–Kier alpha value is -3.79. The molecule has 4 heterocycles. The summed E-state index contributed by atoms with van der Waals surface area (Å²) in [4.78, 5) is 47.2. The van der Waals surface area contributed by atoms with Gasteiger partial charge in [0.05, 0.1) is 40.4 Å². The SMILES string of the molecule is CCCCC1CC(C23C[C@@H]4[C@H](C)CC[C@H]4C4(C=O)CC2C=C(C(C)C)C34C(=O)O)OC1CN(Cc1ccccn1)Cc1cccc(CN(C)Cc2ccccn2)n1. The lowest BCUT2D eigenvalue weighted by Crippen LogP contribution is -2.65. The third-order valence-corrected chi connectivity index (χ3v) is 15.3. The highest BCUT2D eigenvalue weighted by atomic mass is 16.5. The van der Waals surface area contributed by atoms with E-state index in [0.717, 1.165) is 86.1 Å². The van der Waals surface area contributed by atoms with Gasteiger partial charge in [0.25, 0.3) is 0 Å². The van der Waals surface area contributed by atoms with Gasteiger partial charge in [0.1, 0.15) is 11.7 Å². The van der Waals surface area contributed by atoms with E-state index in [9.17, 15) is 14.7 Å². The highest BCUT2D eigenvalue weighted by Gasteiger charge is 2.86. The fourth-order valence-electron chi connectivity index (χ4n) is 13.1. The van der Waals surface area contributed by atoms with Gasteiger partial charge in [0, 0.05) is 50.5 Å². The molecule has 0 radical (unpaired) electrons. The molecule has 3 aromatic heterocycles. The predicted molar refractivity (Wildman–Crippen MR) is 220 cm³/mol. The van der Waals surface area contributed by atoms with Gasteiger partial charge in [0.2, 0.25) is 0 Å². The number of fused-ring (bicyclic) bond motifs is 2. The number of aromatic nitrogens is 3. The zero-order valence-corrected chi connectivity index (χ0v) is 34.7. The molecule has 304 valence electrons. The molecule has 3 saturated carbocycles. The fraction of sp³-hybridized carbons (Fsp3) is 0.604. The van der Waals surface area contributed by atoms with Gasteiger partial charge in [0.15, 0.2) is 0 Å². The normalized spacial score (nSPS) is 34.0. The van der Waals surface area contributed by atoms with Gasteiger partial charge in [-0.25, -0.2) is 0 Å². The van der Waals surface area contributed by atoms with Gasteiger partial charge in [-0.3, -0.25) is 29.5 Å². The number of carboxylic acid groups (broad SMARTS) is 1. The number of carbonyl (C=O) groups is 2. The predicted octanol–water partition coefficient (Wildman–Crippen LogP) is 8.39. The number of aldehydes is 1. The number of ether oxygens (including phenoxy) is 1. The second-order valence-corrected chi connectivity index (χ2v) is 18.8. The van der Waals surface area contributed by atoms with E-state index in [0.29, 0.717) is 44.4 Å². The molecule has 0 aromatic carbocycles. The number of aliphatic carboxylic acids is 1. The minimum absolute atomic E-state index is 0.0249. The summed E-state index contributed by atoms with van der Waals surface area (Å²) >= 11 is 0. The van der Waals surface area contributed by atoms with E-state index in [4.69, 9.17) is 14.7 Å². The lowest BCUT2D eigenvalue weighted by molar-refractivity contribution is -0.197. The van der Waals surface area contributed by atoms with Crippen LogP contribution in [0.2, 0.25) is 0 Å². The second kappa shape index (κ2) is 16.1. The van der Waals surface area contributed by atoms with Crippen molar-refractivity contribution in [2.24, 2.45) is 51.8 Å². The molecule has 57 heavy (non-hydrogen) atoms. The molecule has 8 rings (SSSR count). The Morgan fingerprint density at radius 2 is 1.61 bits per heavy atom. The van der Waals surface area contributed by atoms with Gasteiger partial charge in [-0.15, -0.1) is 0 Å². The van der Waals surface area contributed by atoms with Gasteiger partial charge in [-0.1, -0.05) is 76.8 Å². The topological polar surface area (TPSA) is 109 Å². The van der Waals surface area contributed by atoms with Crippen LogP contribution in [0.25, 0.3) is 0 Å². The van der Waals surface area contributed by atoms with E-state index in [-0.39, 0.29) is 35.9 Å². The maximum atomic E-state index is 14.3. The zero-order valence-electron chi connectivity index (χ0n) is 34.7. The standard InChI is InChI=1S/C48H63N5O4/c1-6-7-13-34-22-44(47-25-40-33(4)18-19-41(40)46(31-54)24-35(47)23-42(32(2)3)48(46,47)45(55)56)57-43(34)30-53(28-37-15-9-11-21-50-37)29-39-17-12-16-38(51-39)27-52(5)26-36-14-8-10-20-49-36/h8-12,14-17,20-21,23,31-35,40-41,43-44H,6-7,13,18-19,22,24-30H2,1-5H3,(H,55,56)/t33-,34?,35?,40-,41-,43?,44?,46?,47?,48?/m1/s1. The van der Waals surface area contributed by atoms with Crippen LogP contribution in [0.5, 0.6) is 0 Å². The molecule has 1 N–H and O–H groups in total. The molecule has 10 atom stereocenters. The molecule has 1 aliphatic heterocycles. The Morgan fingerprint density at radius 3 is 2.26 bits per heavy atom. The first-order valence-electron chi connectivity index (χ1n) is 21.8. The summed E-state index contributed by atoms with van der Waals surface area (Å²) in [6, 6.07) is 18.4. The number of nitrogens with zero attached hydrogens (tertiary/aromatic N) is 5. The van der Waals surface area contributed by atoms with E-state index < -0.39 is 22.2 Å². The molecule has 9 heteroatoms. The van der Waals surface area contributed by atoms with Crippen molar-refractivity contribution in [3.63, 3.8) is 0 Å². The molecule has 0 amide bonds. The highest BCUT2D eigenvalue weighted by Crippen LogP contribution is 2.84. The highest BCUT2D eigenvalue weighted by molar-refractivity contribution is 5.90. The van der Waals surface area contributed by atoms with Crippen molar-refractivity contribution in [1.29, 1.82) is 0 Å². The molecule has 9 nitrogen and oxygen atoms in total. The van der Waals surface area contributed by atoms with Crippen LogP contribution in [0.15, 0.2) is 78.6 Å². The Morgan fingerprint density at radius 1 is 0.947 bits per heavy atom. The van der Waals surface area contributed by atoms with Crippen LogP contribution in [-0.4, -0.2) is 67.9 Å². The molecule has 5 aliphatic rings. The van der Waals surface area contributed by atoms with E-state index >= 15 is 0 Å². The number of allylic oxidation sites excluding steroid dienone is 1. The quantitative estimate of drug-likeness (QED) is 0.107. The average Bonchev–Trinajstić information content (AvgIpc) is 3.91. The lowest BCUT2D eigenvalue weighted by atomic mass is 9.41. The number of hydrogen-bond donors (Lipinski definition) is 1. The van der Waals surface area contributed by atoms with Crippen molar-refractivity contribution in [2.45, 2.75) is 117 Å². The molecule has 4 aliphatic carbocycles. The first-order chi connectivity index (χ1) is 27.6. The third-order valence-electron chi connectivity index (χ3n) is 15.3. The summed E-state index contributed by atoms with van der Waals surface area (Å²) in [7, 11) is 2.10. The molecule has 3 aromatic rings. The van der Waals surface area contributed by atoms with Gasteiger partial charge in [-0.05, 0) is 111 Å². The van der Waals surface area contributed by atoms with Crippen LogP contribution in [0.4, 0.5) is 0 Å². The smallest absolute Gasteiger partial charge is 0.315 e. The molecule has 4 fully saturated rings. The number of rotatable bonds is 17. The van der Waals surface area contributed by atoms with Crippen LogP contribution in [0.3, 0.4) is 0 Å². The summed E-state index contributed by atoms with van der Waals surface area (Å²) in [5.41, 5.74) is 2.27. The summed E-state index contributed by atoms with van der Waals surface area (Å²) < 4.78 is 7.52. The molecular formula is C48H63N5O4. The van der Waals surface area contributed by atoms with E-state index in [1.54, 1.807) is 0 Å². The van der Waals surface area contributed by atoms with Crippen LogP contribution in [0.1, 0.15) is 102 Å². The van der Waals surface area contributed by atoms with E-state index in [2.05, 4.69) is 85.9 Å². The fourth-order valence-corrected chi connectivity index (χ4v) is 13.1. The van der Waals surface area contributed by atoms with Crippen molar-refractivity contribution in [1.82, 2.24) is 24.8 Å². The maximum absolute atomic E-state index is 14.3. The number of unbranched alkanes of at least 4 members (excludes halogenated alkanes) is 1. The van der Waals surface area contributed by atoms with Crippen molar-refractivity contribution >= 4 is 12.3 Å². The second-order valence-electron chi connectivity index (χ2n) is 18.8. The third kappa shape index (κ3) is 6.70. The molecule has 4 bridgehead atoms. The Bertz CT molecular complexity index is 1920. The van der Waals surface area contributed by atoms with Gasteiger partial charge >= 0.3 is 5.97 Å². The van der Waals surface area contributed by atoms with Gasteiger partial charge < -0.3 is 14.6 Å². The Kier molecular flexibility index (Phi) is 11.3. The van der Waals surface area contributed by atoms with Crippen LogP contribution in [-0.2, 0) is 40.5 Å². The summed E-state index contributed by atoms with van der Waals surface area (Å²) in [5.74, 6) is 0.483. The van der Waals surface area contributed by atoms with Crippen molar-refractivity contribution in [3.8, 4) is 0 Å². The number of carboxylic acids is 1. The number of carbonyl (C=O) groups excluding carboxylic acids is 1. The largest absolute Gasteiger partial charge is 0.481 e. The van der Waals surface area contributed by atoms with Crippen molar-refractivity contribution in [3.05, 3.63) is 101 Å². The summed E-state index contributed by atoms with van der Waals surface area (Å²) in [6.45, 7) is 12.3. The molecule has 0 spiro atoms.